The van der Waals surface area contributed by atoms with Gasteiger partial charge in [-0.25, -0.2) is 0 Å². The summed E-state index contributed by atoms with van der Waals surface area (Å²) in [6, 6.07) is 3.40. The second-order valence-electron chi connectivity index (χ2n) is 4.61. The van der Waals surface area contributed by atoms with E-state index in [1.165, 1.54) is 0 Å². The van der Waals surface area contributed by atoms with E-state index in [0.717, 1.165) is 5.52 Å². The second-order valence-corrected chi connectivity index (χ2v) is 4.61. The normalized spacial score (nSPS) is 23.4. The monoisotopic (exact) mass is 261 g/mol. The lowest BCUT2D eigenvalue weighted by Crippen LogP contribution is -2.48. The lowest BCUT2D eigenvalue weighted by atomic mass is 10.1. The predicted molar refractivity (Wildman–Crippen MR) is 68.8 cm³/mol. The van der Waals surface area contributed by atoms with Crippen LogP contribution in [0.15, 0.2) is 24.5 Å². The number of pyridine rings is 1. The quantitative estimate of drug-likeness (QED) is 0.732. The molecule has 1 aliphatic rings. The highest BCUT2D eigenvalue weighted by Gasteiger charge is 2.26. The minimum Gasteiger partial charge on any atom is -0.389 e. The van der Waals surface area contributed by atoms with Gasteiger partial charge in [-0.05, 0) is 18.6 Å². The van der Waals surface area contributed by atoms with Crippen LogP contribution in [0.1, 0.15) is 16.8 Å². The van der Waals surface area contributed by atoms with Crippen LogP contribution in [-0.2, 0) is 4.74 Å². The number of H-pyrrole nitrogens is 1. The molecule has 0 saturated carbocycles. The number of ether oxygens (including phenoxy) is 1. The van der Waals surface area contributed by atoms with Gasteiger partial charge in [-0.15, -0.1) is 0 Å². The molecule has 2 aromatic heterocycles. The number of hydrogen-bond donors (Lipinski definition) is 3. The van der Waals surface area contributed by atoms with Gasteiger partial charge in [0.1, 0.15) is 5.52 Å². The Hall–Kier alpha value is -1.92. The van der Waals surface area contributed by atoms with Crippen molar-refractivity contribution >= 4 is 16.9 Å². The van der Waals surface area contributed by atoms with Gasteiger partial charge < -0.3 is 20.1 Å². The average molecular weight is 261 g/mol. The Morgan fingerprint density at radius 2 is 2.47 bits per heavy atom. The predicted octanol–water partition coefficient (Wildman–Crippen LogP) is 0.442. The number of nitrogens with one attached hydrogen (secondary N) is 2. The van der Waals surface area contributed by atoms with E-state index in [1.54, 1.807) is 12.4 Å². The van der Waals surface area contributed by atoms with Crippen LogP contribution in [0.4, 0.5) is 0 Å². The summed E-state index contributed by atoms with van der Waals surface area (Å²) in [6.45, 7) is 0.811. The molecule has 1 saturated heterocycles. The third kappa shape index (κ3) is 2.32. The van der Waals surface area contributed by atoms with Crippen molar-refractivity contribution in [2.45, 2.75) is 18.6 Å². The van der Waals surface area contributed by atoms with E-state index in [-0.39, 0.29) is 18.6 Å². The first kappa shape index (κ1) is 12.1. The van der Waals surface area contributed by atoms with E-state index in [0.29, 0.717) is 24.1 Å². The summed E-state index contributed by atoms with van der Waals surface area (Å²) >= 11 is 0. The van der Waals surface area contributed by atoms with Gasteiger partial charge in [0, 0.05) is 19.0 Å². The fourth-order valence-electron chi connectivity index (χ4n) is 2.27. The number of aromatic nitrogens is 2. The maximum Gasteiger partial charge on any atom is 0.255 e. The molecule has 2 aromatic rings. The van der Waals surface area contributed by atoms with Crippen molar-refractivity contribution in [2.24, 2.45) is 0 Å². The molecular weight excluding hydrogens is 246 g/mol. The third-order valence-electron chi connectivity index (χ3n) is 3.32. The molecule has 6 nitrogen and oxygen atoms in total. The number of amides is 1. The van der Waals surface area contributed by atoms with Crippen LogP contribution in [0, 0.1) is 0 Å². The van der Waals surface area contributed by atoms with Crippen molar-refractivity contribution in [1.29, 1.82) is 0 Å². The van der Waals surface area contributed by atoms with Crippen molar-refractivity contribution in [3.63, 3.8) is 0 Å². The fourth-order valence-corrected chi connectivity index (χ4v) is 2.27. The Balaban J connectivity index is 1.80. The van der Waals surface area contributed by atoms with Crippen LogP contribution in [0.3, 0.4) is 0 Å². The van der Waals surface area contributed by atoms with Crippen LogP contribution in [-0.4, -0.2) is 46.3 Å². The van der Waals surface area contributed by atoms with Crippen molar-refractivity contribution in [3.8, 4) is 0 Å². The first-order valence-electron chi connectivity index (χ1n) is 6.24. The number of hydrogen-bond acceptors (Lipinski definition) is 4. The molecule has 0 bridgehead atoms. The molecule has 0 spiro atoms. The lowest BCUT2D eigenvalue weighted by molar-refractivity contribution is -0.0260. The van der Waals surface area contributed by atoms with Gasteiger partial charge in [-0.2, -0.15) is 0 Å². The van der Waals surface area contributed by atoms with Crippen LogP contribution in [0.25, 0.3) is 11.0 Å². The minimum atomic E-state index is -0.657. The minimum absolute atomic E-state index is 0.226. The van der Waals surface area contributed by atoms with E-state index < -0.39 is 6.10 Å². The van der Waals surface area contributed by atoms with Crippen LogP contribution in [0.2, 0.25) is 0 Å². The molecule has 0 radical (unpaired) electrons. The molecule has 3 heterocycles. The zero-order valence-electron chi connectivity index (χ0n) is 10.3. The van der Waals surface area contributed by atoms with Crippen LogP contribution >= 0.6 is 0 Å². The Kier molecular flexibility index (Phi) is 3.18. The summed E-state index contributed by atoms with van der Waals surface area (Å²) in [6.07, 6.45) is 3.24. The summed E-state index contributed by atoms with van der Waals surface area (Å²) in [5, 5.41) is 12.6. The number of aromatic amines is 1. The van der Waals surface area contributed by atoms with Crippen molar-refractivity contribution in [2.75, 3.05) is 13.2 Å². The third-order valence-corrected chi connectivity index (χ3v) is 3.32. The molecule has 0 aromatic carbocycles. The molecule has 2 atom stereocenters. The van der Waals surface area contributed by atoms with Gasteiger partial charge in [0.05, 0.1) is 29.8 Å². The first-order chi connectivity index (χ1) is 9.25. The molecule has 100 valence electrons. The number of nitrogens with zero attached hydrogens (tertiary/aromatic N) is 1. The molecule has 0 unspecified atom stereocenters. The molecule has 3 rings (SSSR count). The van der Waals surface area contributed by atoms with Gasteiger partial charge >= 0.3 is 0 Å². The van der Waals surface area contributed by atoms with Gasteiger partial charge in [0.15, 0.2) is 0 Å². The standard InChI is InChI=1S/C13H15N3O3/c17-11-7-19-5-3-9(11)16-13(18)8-6-15-10-2-1-4-14-12(8)10/h1-2,4,6,9,11,15,17H,3,5,7H2,(H,16,18)/t9-,11-/m0/s1. The van der Waals surface area contributed by atoms with E-state index >= 15 is 0 Å². The lowest BCUT2D eigenvalue weighted by Gasteiger charge is -2.28. The van der Waals surface area contributed by atoms with Gasteiger partial charge in [-0.1, -0.05) is 0 Å². The summed E-state index contributed by atoms with van der Waals surface area (Å²) in [5.74, 6) is -0.226. The highest BCUT2D eigenvalue weighted by Crippen LogP contribution is 2.16. The topological polar surface area (TPSA) is 87.2 Å². The Bertz CT molecular complexity index is 596. The first-order valence-corrected chi connectivity index (χ1v) is 6.24. The molecular formula is C13H15N3O3. The molecule has 3 N–H and O–H groups in total. The average Bonchev–Trinajstić information content (AvgIpc) is 2.85. The van der Waals surface area contributed by atoms with E-state index in [2.05, 4.69) is 15.3 Å². The van der Waals surface area contributed by atoms with Crippen LogP contribution in [0.5, 0.6) is 0 Å². The summed E-state index contributed by atoms with van der Waals surface area (Å²) in [4.78, 5) is 19.4. The Morgan fingerprint density at radius 1 is 1.58 bits per heavy atom. The number of fused-ring (bicyclic) bond motifs is 1. The number of rotatable bonds is 2. The number of carbonyl (C=O) groups excluding carboxylic acids is 1. The zero-order chi connectivity index (χ0) is 13.2. The van der Waals surface area contributed by atoms with Crippen molar-refractivity contribution < 1.29 is 14.6 Å². The fraction of sp³-hybridized carbons (Fsp3) is 0.385. The van der Waals surface area contributed by atoms with E-state index in [1.807, 2.05) is 12.1 Å². The Morgan fingerprint density at radius 3 is 3.32 bits per heavy atom. The van der Waals surface area contributed by atoms with Crippen molar-refractivity contribution in [1.82, 2.24) is 15.3 Å². The second kappa shape index (κ2) is 4.99. The molecule has 1 amide bonds. The van der Waals surface area contributed by atoms with E-state index in [4.69, 9.17) is 4.74 Å². The van der Waals surface area contributed by atoms with Gasteiger partial charge in [0.2, 0.25) is 0 Å². The summed E-state index contributed by atoms with van der Waals surface area (Å²) in [5.41, 5.74) is 1.95. The molecule has 6 heteroatoms. The van der Waals surface area contributed by atoms with E-state index in [9.17, 15) is 9.90 Å². The zero-order valence-corrected chi connectivity index (χ0v) is 10.3. The summed E-state index contributed by atoms with van der Waals surface area (Å²) < 4.78 is 5.13. The molecule has 19 heavy (non-hydrogen) atoms. The number of aliphatic hydroxyl groups excluding tert-OH is 1. The number of carbonyl (C=O) groups is 1. The van der Waals surface area contributed by atoms with Gasteiger partial charge in [-0.3, -0.25) is 9.78 Å². The largest absolute Gasteiger partial charge is 0.389 e. The van der Waals surface area contributed by atoms with Crippen LogP contribution < -0.4 is 5.32 Å². The Labute approximate surface area is 109 Å². The molecule has 1 aliphatic heterocycles. The highest BCUT2D eigenvalue weighted by atomic mass is 16.5. The maximum atomic E-state index is 12.2. The van der Waals surface area contributed by atoms with Crippen molar-refractivity contribution in [3.05, 3.63) is 30.1 Å². The smallest absolute Gasteiger partial charge is 0.255 e. The van der Waals surface area contributed by atoms with Gasteiger partial charge in [0.25, 0.3) is 5.91 Å². The summed E-state index contributed by atoms with van der Waals surface area (Å²) in [7, 11) is 0. The maximum absolute atomic E-state index is 12.2. The highest BCUT2D eigenvalue weighted by molar-refractivity contribution is 6.05. The number of aliphatic hydroxyl groups is 1. The SMILES string of the molecule is O=C(N[C@H]1CCOC[C@@H]1O)c1c[nH]c2cccnc12. The molecule has 1 fully saturated rings. The molecule has 0 aliphatic carbocycles.